The Morgan fingerprint density at radius 1 is 1.48 bits per heavy atom. The topological polar surface area (TPSA) is 113 Å². The minimum absolute atomic E-state index is 0.0494. The fraction of sp³-hybridized carbons (Fsp3) is 0.500. The minimum Gasteiger partial charge on any atom is -0.478 e. The molecule has 7 heteroatoms. The van der Waals surface area contributed by atoms with E-state index < -0.39 is 16.5 Å². The van der Waals surface area contributed by atoms with Gasteiger partial charge in [0.05, 0.1) is 16.1 Å². The Balaban J connectivity index is 2.97. The highest BCUT2D eigenvalue weighted by Gasteiger charge is 2.24. The molecule has 1 aromatic carbocycles. The third-order valence-electron chi connectivity index (χ3n) is 2.95. The maximum absolute atomic E-state index is 11.0. The summed E-state index contributed by atoms with van der Waals surface area (Å²) in [5.74, 6) is -0.899. The number of aliphatic hydroxyl groups is 1. The van der Waals surface area contributed by atoms with Gasteiger partial charge in [-0.15, -0.1) is 0 Å². The molecule has 0 saturated carbocycles. The number of rotatable bonds is 7. The van der Waals surface area contributed by atoms with Crippen molar-refractivity contribution >= 4 is 17.3 Å². The average Bonchev–Trinajstić information content (AvgIpc) is 2.34. The van der Waals surface area contributed by atoms with Crippen LogP contribution in [0.4, 0.5) is 11.4 Å². The Morgan fingerprint density at radius 2 is 2.10 bits per heavy atom. The van der Waals surface area contributed by atoms with Crippen molar-refractivity contribution in [3.63, 3.8) is 0 Å². The number of hydrogen-bond acceptors (Lipinski definition) is 5. The summed E-state index contributed by atoms with van der Waals surface area (Å²) in [6, 6.07) is 3.52. The Bertz CT molecular complexity index is 540. The van der Waals surface area contributed by atoms with Crippen molar-refractivity contribution in [2.24, 2.45) is 5.92 Å². The summed E-state index contributed by atoms with van der Waals surface area (Å²) < 4.78 is 0. The molecule has 0 radical (unpaired) electrons. The fourth-order valence-electron chi connectivity index (χ4n) is 2.21. The zero-order valence-corrected chi connectivity index (χ0v) is 12.3. The molecular formula is C14H20N2O5. The molecule has 0 aromatic heterocycles. The van der Waals surface area contributed by atoms with Crippen LogP contribution >= 0.6 is 0 Å². The van der Waals surface area contributed by atoms with Crippen LogP contribution in [0.5, 0.6) is 0 Å². The van der Waals surface area contributed by atoms with E-state index in [1.807, 2.05) is 13.8 Å². The molecule has 0 aliphatic rings. The van der Waals surface area contributed by atoms with Gasteiger partial charge in [0, 0.05) is 12.6 Å². The van der Waals surface area contributed by atoms with Gasteiger partial charge in [0.2, 0.25) is 0 Å². The van der Waals surface area contributed by atoms with E-state index in [1.165, 1.54) is 12.1 Å². The van der Waals surface area contributed by atoms with Gasteiger partial charge in [-0.3, -0.25) is 10.1 Å². The fourth-order valence-corrected chi connectivity index (χ4v) is 2.21. The summed E-state index contributed by atoms with van der Waals surface area (Å²) in [6.45, 7) is 5.64. The molecule has 0 bridgehead atoms. The van der Waals surface area contributed by atoms with Crippen LogP contribution in [0.3, 0.4) is 0 Å². The number of nitro groups is 1. The molecule has 0 aliphatic heterocycles. The molecule has 1 aromatic rings. The molecule has 21 heavy (non-hydrogen) atoms. The second-order valence-electron chi connectivity index (χ2n) is 5.74. The maximum Gasteiger partial charge on any atom is 0.335 e. The van der Waals surface area contributed by atoms with Crippen LogP contribution in [0.1, 0.15) is 37.6 Å². The molecule has 1 unspecified atom stereocenters. The van der Waals surface area contributed by atoms with Crippen molar-refractivity contribution in [1.82, 2.24) is 0 Å². The van der Waals surface area contributed by atoms with Crippen molar-refractivity contribution in [3.8, 4) is 0 Å². The van der Waals surface area contributed by atoms with Gasteiger partial charge < -0.3 is 15.5 Å². The monoisotopic (exact) mass is 296 g/mol. The van der Waals surface area contributed by atoms with E-state index in [-0.39, 0.29) is 29.4 Å². The summed E-state index contributed by atoms with van der Waals surface area (Å²) in [5, 5.41) is 32.9. The predicted octanol–water partition coefficient (Wildman–Crippen LogP) is 2.50. The van der Waals surface area contributed by atoms with Gasteiger partial charge in [-0.2, -0.15) is 0 Å². The lowest BCUT2D eigenvalue weighted by Crippen LogP contribution is -2.35. The molecule has 0 saturated heterocycles. The average molecular weight is 296 g/mol. The highest BCUT2D eigenvalue weighted by Crippen LogP contribution is 2.27. The van der Waals surface area contributed by atoms with E-state index in [9.17, 15) is 20.0 Å². The van der Waals surface area contributed by atoms with Gasteiger partial charge in [-0.05, 0) is 31.4 Å². The van der Waals surface area contributed by atoms with E-state index in [0.717, 1.165) is 6.07 Å². The van der Waals surface area contributed by atoms with Crippen LogP contribution in [0, 0.1) is 16.0 Å². The van der Waals surface area contributed by atoms with Crippen molar-refractivity contribution in [2.75, 3.05) is 11.9 Å². The lowest BCUT2D eigenvalue weighted by molar-refractivity contribution is -0.384. The maximum atomic E-state index is 11.0. The zero-order valence-electron chi connectivity index (χ0n) is 12.3. The van der Waals surface area contributed by atoms with Crippen LogP contribution in [-0.2, 0) is 0 Å². The molecule has 0 aliphatic carbocycles. The highest BCUT2D eigenvalue weighted by atomic mass is 16.6. The normalized spacial score (nSPS) is 13.8. The molecule has 7 nitrogen and oxygen atoms in total. The summed E-state index contributed by atoms with van der Waals surface area (Å²) in [5.41, 5.74) is -1.22. The van der Waals surface area contributed by atoms with Crippen molar-refractivity contribution in [2.45, 2.75) is 32.8 Å². The first-order chi connectivity index (χ1) is 9.62. The summed E-state index contributed by atoms with van der Waals surface area (Å²) >= 11 is 0. The molecule has 0 heterocycles. The Labute approximate surface area is 122 Å². The first-order valence-electron chi connectivity index (χ1n) is 6.60. The van der Waals surface area contributed by atoms with Crippen molar-refractivity contribution in [3.05, 3.63) is 33.9 Å². The van der Waals surface area contributed by atoms with Crippen LogP contribution in [0.2, 0.25) is 0 Å². The van der Waals surface area contributed by atoms with E-state index in [2.05, 4.69) is 5.32 Å². The molecule has 1 atom stereocenters. The Hall–Kier alpha value is -2.15. The Morgan fingerprint density at radius 3 is 2.57 bits per heavy atom. The molecule has 0 fully saturated rings. The van der Waals surface area contributed by atoms with Gasteiger partial charge in [-0.1, -0.05) is 13.8 Å². The number of nitrogens with zero attached hydrogens (tertiary/aromatic N) is 1. The summed E-state index contributed by atoms with van der Waals surface area (Å²) in [7, 11) is 0. The lowest BCUT2D eigenvalue weighted by atomic mass is 9.94. The molecule has 0 amide bonds. The van der Waals surface area contributed by atoms with E-state index >= 15 is 0 Å². The first-order valence-corrected chi connectivity index (χ1v) is 6.60. The standard InChI is InChI=1S/C14H20N2O5/c1-9(2)7-14(3,19)8-15-11-6-10(13(17)18)4-5-12(11)16(20)21/h4-6,9,15,19H,7-8H2,1-3H3,(H,17,18). The SMILES string of the molecule is CC(C)CC(C)(O)CNc1cc(C(=O)O)ccc1[N+](=O)[O-]. The minimum atomic E-state index is -1.16. The van der Waals surface area contributed by atoms with E-state index in [1.54, 1.807) is 6.92 Å². The number of hydrogen-bond donors (Lipinski definition) is 3. The van der Waals surface area contributed by atoms with Gasteiger partial charge in [-0.25, -0.2) is 4.79 Å². The quantitative estimate of drug-likeness (QED) is 0.526. The second kappa shape index (κ2) is 6.53. The molecule has 3 N–H and O–H groups in total. The number of nitrogens with one attached hydrogen (secondary N) is 1. The van der Waals surface area contributed by atoms with Crippen LogP contribution in [0.25, 0.3) is 0 Å². The number of nitro benzene ring substituents is 1. The lowest BCUT2D eigenvalue weighted by Gasteiger charge is -2.26. The van der Waals surface area contributed by atoms with Gasteiger partial charge >= 0.3 is 5.97 Å². The number of carbonyl (C=O) groups is 1. The van der Waals surface area contributed by atoms with E-state index in [4.69, 9.17) is 5.11 Å². The van der Waals surface area contributed by atoms with Gasteiger partial charge in [0.15, 0.2) is 0 Å². The third kappa shape index (κ3) is 5.03. The van der Waals surface area contributed by atoms with Crippen molar-refractivity contribution < 1.29 is 19.9 Å². The van der Waals surface area contributed by atoms with Gasteiger partial charge in [0.25, 0.3) is 5.69 Å². The molecule has 1 rings (SSSR count). The predicted molar refractivity (Wildman–Crippen MR) is 78.6 cm³/mol. The van der Waals surface area contributed by atoms with Crippen molar-refractivity contribution in [1.29, 1.82) is 0 Å². The zero-order chi connectivity index (χ0) is 16.2. The summed E-state index contributed by atoms with van der Waals surface area (Å²) in [4.78, 5) is 21.3. The summed E-state index contributed by atoms with van der Waals surface area (Å²) in [6.07, 6.45) is 0.520. The number of anilines is 1. The molecule has 116 valence electrons. The highest BCUT2D eigenvalue weighted by molar-refractivity contribution is 5.90. The number of benzene rings is 1. The second-order valence-corrected chi connectivity index (χ2v) is 5.74. The molecule has 0 spiro atoms. The first kappa shape index (κ1) is 16.9. The van der Waals surface area contributed by atoms with Gasteiger partial charge in [0.1, 0.15) is 5.69 Å². The molecular weight excluding hydrogens is 276 g/mol. The van der Waals surface area contributed by atoms with Crippen LogP contribution < -0.4 is 5.32 Å². The van der Waals surface area contributed by atoms with E-state index in [0.29, 0.717) is 6.42 Å². The largest absolute Gasteiger partial charge is 0.478 e. The number of aromatic carboxylic acids is 1. The Kier molecular flexibility index (Phi) is 5.26. The third-order valence-corrected chi connectivity index (χ3v) is 2.95. The van der Waals surface area contributed by atoms with Crippen LogP contribution in [-0.4, -0.2) is 33.3 Å². The number of carboxylic acid groups (broad SMARTS) is 1. The van der Waals surface area contributed by atoms with Crippen LogP contribution in [0.15, 0.2) is 18.2 Å². The number of carboxylic acids is 1. The smallest absolute Gasteiger partial charge is 0.335 e.